The molecule has 1 aliphatic carbocycles. The van der Waals surface area contributed by atoms with Crippen molar-refractivity contribution in [1.82, 2.24) is 9.88 Å². The van der Waals surface area contributed by atoms with Crippen LogP contribution in [0.15, 0.2) is 24.4 Å². The number of hydrogen-bond donors (Lipinski definition) is 3. The van der Waals surface area contributed by atoms with Crippen LogP contribution in [0.2, 0.25) is 0 Å². The number of aromatic amines is 1. The van der Waals surface area contributed by atoms with Crippen LogP contribution in [0.1, 0.15) is 36.0 Å². The number of aromatic nitrogens is 1. The molecule has 1 aromatic heterocycles. The molecule has 1 aromatic carbocycles. The maximum atomic E-state index is 12.6. The fourth-order valence-electron chi connectivity index (χ4n) is 3.23. The van der Waals surface area contributed by atoms with Crippen LogP contribution in [0.4, 0.5) is 5.69 Å². The first-order valence-electron chi connectivity index (χ1n) is 7.33. The first-order valence-corrected chi connectivity index (χ1v) is 7.33. The van der Waals surface area contributed by atoms with E-state index in [2.05, 4.69) is 4.98 Å². The van der Waals surface area contributed by atoms with Gasteiger partial charge in [-0.1, -0.05) is 12.8 Å². The number of hydrogen-bond acceptors (Lipinski definition) is 3. The monoisotopic (exact) mass is 287 g/mol. The summed E-state index contributed by atoms with van der Waals surface area (Å²) in [6.45, 7) is 0.376. The number of nitrogens with two attached hydrogens (primary N) is 1. The number of carbonyl (C=O) groups excluding carboxylic acids is 1. The number of H-pyrrole nitrogens is 1. The van der Waals surface area contributed by atoms with Crippen LogP contribution in [0.25, 0.3) is 10.9 Å². The molecule has 0 bridgehead atoms. The van der Waals surface area contributed by atoms with Gasteiger partial charge in [0.2, 0.25) is 0 Å². The minimum atomic E-state index is -0.727. The molecule has 1 fully saturated rings. The summed E-state index contributed by atoms with van der Waals surface area (Å²) >= 11 is 0. The average molecular weight is 287 g/mol. The summed E-state index contributed by atoms with van der Waals surface area (Å²) in [7, 11) is 1.74. The van der Waals surface area contributed by atoms with Gasteiger partial charge in [-0.25, -0.2) is 0 Å². The number of fused-ring (bicyclic) bond motifs is 1. The highest BCUT2D eigenvalue weighted by Crippen LogP contribution is 2.30. The van der Waals surface area contributed by atoms with Gasteiger partial charge in [0.05, 0.1) is 11.2 Å². The topological polar surface area (TPSA) is 82.3 Å². The Morgan fingerprint density at radius 1 is 1.43 bits per heavy atom. The third kappa shape index (κ3) is 2.61. The number of aliphatic hydroxyl groups is 1. The van der Waals surface area contributed by atoms with Crippen molar-refractivity contribution in [3.8, 4) is 0 Å². The van der Waals surface area contributed by atoms with Gasteiger partial charge in [-0.05, 0) is 31.0 Å². The van der Waals surface area contributed by atoms with E-state index in [1.807, 2.05) is 6.07 Å². The molecule has 5 nitrogen and oxygen atoms in total. The van der Waals surface area contributed by atoms with E-state index in [1.54, 1.807) is 30.3 Å². The van der Waals surface area contributed by atoms with Crippen molar-refractivity contribution in [2.24, 2.45) is 0 Å². The molecule has 2 aromatic rings. The highest BCUT2D eigenvalue weighted by Gasteiger charge is 2.33. The van der Waals surface area contributed by atoms with Gasteiger partial charge in [-0.15, -0.1) is 0 Å². The zero-order valence-electron chi connectivity index (χ0n) is 12.2. The lowest BCUT2D eigenvalue weighted by atomic mass is 10.0. The molecule has 1 amide bonds. The lowest BCUT2D eigenvalue weighted by molar-refractivity contribution is 0.0157. The van der Waals surface area contributed by atoms with Crippen molar-refractivity contribution in [1.29, 1.82) is 0 Å². The fraction of sp³-hybridized carbons (Fsp3) is 0.438. The van der Waals surface area contributed by atoms with Crippen molar-refractivity contribution < 1.29 is 9.90 Å². The Labute approximate surface area is 123 Å². The Balaban J connectivity index is 1.84. The molecular formula is C16H21N3O2. The minimum absolute atomic E-state index is 0.0906. The number of anilines is 1. The van der Waals surface area contributed by atoms with Gasteiger partial charge in [-0.3, -0.25) is 4.79 Å². The van der Waals surface area contributed by atoms with Crippen molar-refractivity contribution in [3.05, 3.63) is 30.0 Å². The van der Waals surface area contributed by atoms with Gasteiger partial charge < -0.3 is 20.7 Å². The molecule has 21 heavy (non-hydrogen) atoms. The molecule has 0 unspecified atom stereocenters. The lowest BCUT2D eigenvalue weighted by Gasteiger charge is -2.28. The Kier molecular flexibility index (Phi) is 3.37. The van der Waals surface area contributed by atoms with Crippen LogP contribution >= 0.6 is 0 Å². The maximum Gasteiger partial charge on any atom is 0.255 e. The van der Waals surface area contributed by atoms with E-state index in [0.717, 1.165) is 36.6 Å². The van der Waals surface area contributed by atoms with E-state index in [-0.39, 0.29) is 5.91 Å². The molecule has 0 radical (unpaired) electrons. The maximum absolute atomic E-state index is 12.6. The van der Waals surface area contributed by atoms with Crippen molar-refractivity contribution in [2.45, 2.75) is 31.3 Å². The lowest BCUT2D eigenvalue weighted by Crippen LogP contribution is -2.42. The third-order valence-electron chi connectivity index (χ3n) is 4.35. The average Bonchev–Trinajstić information content (AvgIpc) is 3.04. The van der Waals surface area contributed by atoms with Gasteiger partial charge in [0.1, 0.15) is 0 Å². The standard InChI is InChI=1S/C16H21N3O2/c1-19(10-16(21)6-2-3-7-16)15(20)13-9-18-14-5-4-11(17)8-12(13)14/h4-5,8-9,18,21H,2-3,6-7,10,17H2,1H3. The van der Waals surface area contributed by atoms with E-state index in [0.29, 0.717) is 17.8 Å². The summed E-state index contributed by atoms with van der Waals surface area (Å²) in [5, 5.41) is 11.3. The number of benzene rings is 1. The minimum Gasteiger partial charge on any atom is -0.399 e. The second kappa shape index (κ2) is 5.07. The number of nitrogens with zero attached hydrogens (tertiary/aromatic N) is 1. The Hall–Kier alpha value is -2.01. The summed E-state index contributed by atoms with van der Waals surface area (Å²) in [4.78, 5) is 17.3. The van der Waals surface area contributed by atoms with E-state index in [1.165, 1.54) is 0 Å². The van der Waals surface area contributed by atoms with E-state index < -0.39 is 5.60 Å². The summed E-state index contributed by atoms with van der Waals surface area (Å²) in [6.07, 6.45) is 5.31. The first kappa shape index (κ1) is 13.9. The normalized spacial score (nSPS) is 17.2. The van der Waals surface area contributed by atoms with Crippen molar-refractivity contribution in [3.63, 3.8) is 0 Å². The van der Waals surface area contributed by atoms with E-state index in [9.17, 15) is 9.90 Å². The molecule has 0 spiro atoms. The molecule has 0 aliphatic heterocycles. The summed E-state index contributed by atoms with van der Waals surface area (Å²) in [6, 6.07) is 5.47. The van der Waals surface area contributed by atoms with E-state index in [4.69, 9.17) is 5.73 Å². The van der Waals surface area contributed by atoms with Crippen LogP contribution in [0.5, 0.6) is 0 Å². The molecular weight excluding hydrogens is 266 g/mol. The highest BCUT2D eigenvalue weighted by molar-refractivity contribution is 6.07. The molecule has 1 aliphatic rings. The van der Waals surface area contributed by atoms with Gasteiger partial charge in [0, 0.05) is 36.4 Å². The van der Waals surface area contributed by atoms with Gasteiger partial charge >= 0.3 is 0 Å². The molecule has 1 heterocycles. The van der Waals surface area contributed by atoms with Gasteiger partial charge in [-0.2, -0.15) is 0 Å². The second-order valence-electron chi connectivity index (χ2n) is 6.10. The summed E-state index contributed by atoms with van der Waals surface area (Å²) < 4.78 is 0. The predicted molar refractivity (Wildman–Crippen MR) is 83.1 cm³/mol. The van der Waals surface area contributed by atoms with Crippen LogP contribution in [-0.4, -0.2) is 40.1 Å². The van der Waals surface area contributed by atoms with Crippen molar-refractivity contribution in [2.75, 3.05) is 19.3 Å². The number of nitrogens with one attached hydrogen (secondary N) is 1. The van der Waals surface area contributed by atoms with Crippen LogP contribution in [-0.2, 0) is 0 Å². The number of carbonyl (C=O) groups is 1. The smallest absolute Gasteiger partial charge is 0.255 e. The molecule has 1 saturated carbocycles. The molecule has 0 saturated heterocycles. The SMILES string of the molecule is CN(CC1(O)CCCC1)C(=O)c1c[nH]c2ccc(N)cc12. The van der Waals surface area contributed by atoms with Crippen LogP contribution in [0, 0.1) is 0 Å². The van der Waals surface area contributed by atoms with Gasteiger partial charge in [0.15, 0.2) is 0 Å². The molecule has 0 atom stereocenters. The van der Waals surface area contributed by atoms with Crippen molar-refractivity contribution >= 4 is 22.5 Å². The molecule has 112 valence electrons. The number of rotatable bonds is 3. The fourth-order valence-corrected chi connectivity index (χ4v) is 3.23. The third-order valence-corrected chi connectivity index (χ3v) is 4.35. The first-order chi connectivity index (χ1) is 9.98. The van der Waals surface area contributed by atoms with E-state index >= 15 is 0 Å². The Morgan fingerprint density at radius 2 is 2.14 bits per heavy atom. The van der Waals surface area contributed by atoms with Crippen LogP contribution < -0.4 is 5.73 Å². The predicted octanol–water partition coefficient (Wildman–Crippen LogP) is 2.13. The molecule has 3 rings (SSSR count). The Bertz CT molecular complexity index is 671. The summed E-state index contributed by atoms with van der Waals surface area (Å²) in [5.74, 6) is -0.0906. The second-order valence-corrected chi connectivity index (χ2v) is 6.10. The molecule has 5 heteroatoms. The highest BCUT2D eigenvalue weighted by atomic mass is 16.3. The zero-order valence-corrected chi connectivity index (χ0v) is 12.2. The largest absolute Gasteiger partial charge is 0.399 e. The number of nitrogen functional groups attached to an aromatic ring is 1. The summed E-state index contributed by atoms with van der Waals surface area (Å²) in [5.41, 5.74) is 7.20. The zero-order chi connectivity index (χ0) is 15.0. The molecule has 4 N–H and O–H groups in total. The Morgan fingerprint density at radius 3 is 2.86 bits per heavy atom. The number of likely N-dealkylation sites (N-methyl/N-ethyl adjacent to an activating group) is 1. The quantitative estimate of drug-likeness (QED) is 0.756. The van der Waals surface area contributed by atoms with Crippen LogP contribution in [0.3, 0.4) is 0 Å². The van der Waals surface area contributed by atoms with Gasteiger partial charge in [0.25, 0.3) is 5.91 Å². The number of amides is 1.